The summed E-state index contributed by atoms with van der Waals surface area (Å²) in [6.45, 7) is 6.39. The van der Waals surface area contributed by atoms with Gasteiger partial charge >= 0.3 is 0 Å². The van der Waals surface area contributed by atoms with Gasteiger partial charge in [0.1, 0.15) is 0 Å². The molecule has 0 saturated heterocycles. The molecule has 1 unspecified atom stereocenters. The summed E-state index contributed by atoms with van der Waals surface area (Å²) in [6, 6.07) is 4.75. The van der Waals surface area contributed by atoms with E-state index in [-0.39, 0.29) is 0 Å². The van der Waals surface area contributed by atoms with Crippen molar-refractivity contribution in [1.82, 2.24) is 0 Å². The third-order valence-corrected chi connectivity index (χ3v) is 4.97. The Hall–Kier alpha value is -0.480. The molecule has 1 heterocycles. The van der Waals surface area contributed by atoms with E-state index in [9.17, 15) is 0 Å². The SMILES string of the molecule is Cc1cc(NC2=NC(C)CCS2)cc(C)c1Br. The molecule has 1 aromatic carbocycles. The number of hydrogen-bond acceptors (Lipinski definition) is 3. The average molecular weight is 313 g/mol. The Bertz CT molecular complexity index is 434. The van der Waals surface area contributed by atoms with Gasteiger partial charge in [0.25, 0.3) is 0 Å². The van der Waals surface area contributed by atoms with E-state index in [2.05, 4.69) is 59.1 Å². The number of rotatable bonds is 1. The van der Waals surface area contributed by atoms with Crippen molar-refractivity contribution in [1.29, 1.82) is 0 Å². The Morgan fingerprint density at radius 3 is 2.59 bits per heavy atom. The van der Waals surface area contributed by atoms with Crippen molar-refractivity contribution in [2.75, 3.05) is 11.1 Å². The molecule has 1 aromatic rings. The van der Waals surface area contributed by atoms with Gasteiger partial charge in [-0.1, -0.05) is 27.7 Å². The highest BCUT2D eigenvalue weighted by molar-refractivity contribution is 9.10. The maximum absolute atomic E-state index is 4.62. The van der Waals surface area contributed by atoms with Crippen molar-refractivity contribution >= 4 is 38.5 Å². The molecule has 0 amide bonds. The summed E-state index contributed by atoms with van der Waals surface area (Å²) in [5, 5.41) is 4.46. The van der Waals surface area contributed by atoms with Gasteiger partial charge in [-0.05, 0) is 50.5 Å². The Morgan fingerprint density at radius 2 is 2.00 bits per heavy atom. The quantitative estimate of drug-likeness (QED) is 0.833. The Morgan fingerprint density at radius 1 is 1.35 bits per heavy atom. The number of nitrogens with one attached hydrogen (secondary N) is 1. The molecule has 1 N–H and O–H groups in total. The van der Waals surface area contributed by atoms with E-state index >= 15 is 0 Å². The molecular weight excluding hydrogens is 296 g/mol. The summed E-state index contributed by atoms with van der Waals surface area (Å²) in [5.74, 6) is 1.15. The van der Waals surface area contributed by atoms with E-state index < -0.39 is 0 Å². The number of aryl methyl sites for hydroxylation is 2. The fraction of sp³-hybridized carbons (Fsp3) is 0.462. The van der Waals surface area contributed by atoms with Gasteiger partial charge in [-0.15, -0.1) is 0 Å². The predicted octanol–water partition coefficient (Wildman–Crippen LogP) is 4.36. The van der Waals surface area contributed by atoms with Crippen LogP contribution >= 0.6 is 27.7 Å². The zero-order chi connectivity index (χ0) is 12.4. The summed E-state index contributed by atoms with van der Waals surface area (Å²) < 4.78 is 1.19. The molecular formula is C13H17BrN2S. The lowest BCUT2D eigenvalue weighted by molar-refractivity contribution is 0.720. The van der Waals surface area contributed by atoms with E-state index in [1.54, 1.807) is 11.8 Å². The molecule has 4 heteroatoms. The van der Waals surface area contributed by atoms with Crippen LogP contribution in [0, 0.1) is 13.8 Å². The van der Waals surface area contributed by atoms with Gasteiger partial charge in [0.05, 0.1) is 6.04 Å². The zero-order valence-corrected chi connectivity index (χ0v) is 12.8. The molecule has 0 aromatic heterocycles. The number of aliphatic imine (C=N–C) groups is 1. The number of amidine groups is 1. The van der Waals surface area contributed by atoms with Gasteiger partial charge in [-0.2, -0.15) is 0 Å². The molecule has 1 aliphatic rings. The molecule has 1 atom stereocenters. The largest absolute Gasteiger partial charge is 0.335 e. The van der Waals surface area contributed by atoms with Crippen molar-refractivity contribution in [3.63, 3.8) is 0 Å². The first-order valence-electron chi connectivity index (χ1n) is 5.80. The second-order valence-electron chi connectivity index (χ2n) is 4.47. The summed E-state index contributed by atoms with van der Waals surface area (Å²) in [7, 11) is 0. The van der Waals surface area contributed by atoms with Crippen LogP contribution in [0.4, 0.5) is 5.69 Å². The van der Waals surface area contributed by atoms with Gasteiger partial charge in [0.2, 0.25) is 0 Å². The van der Waals surface area contributed by atoms with Crippen LogP contribution in [0.2, 0.25) is 0 Å². The molecule has 92 valence electrons. The van der Waals surface area contributed by atoms with Crippen LogP contribution in [0.25, 0.3) is 0 Å². The van der Waals surface area contributed by atoms with Crippen molar-refractivity contribution in [3.8, 4) is 0 Å². The molecule has 0 fully saturated rings. The van der Waals surface area contributed by atoms with Gasteiger partial charge in [-0.25, -0.2) is 0 Å². The molecule has 0 aliphatic carbocycles. The zero-order valence-electron chi connectivity index (χ0n) is 10.4. The third-order valence-electron chi connectivity index (χ3n) is 2.80. The first-order valence-corrected chi connectivity index (χ1v) is 7.58. The van der Waals surface area contributed by atoms with E-state index in [4.69, 9.17) is 0 Å². The maximum atomic E-state index is 4.62. The van der Waals surface area contributed by atoms with Gasteiger partial charge in [0.15, 0.2) is 5.17 Å². The molecule has 2 nitrogen and oxygen atoms in total. The first-order chi connectivity index (χ1) is 8.06. The number of anilines is 1. The van der Waals surface area contributed by atoms with Crippen LogP contribution in [-0.2, 0) is 0 Å². The third kappa shape index (κ3) is 3.26. The number of benzene rings is 1. The first kappa shape index (κ1) is 13.0. The van der Waals surface area contributed by atoms with E-state index in [0.717, 1.165) is 16.6 Å². The summed E-state index contributed by atoms with van der Waals surface area (Å²) in [5.41, 5.74) is 3.63. The van der Waals surface area contributed by atoms with E-state index in [0.29, 0.717) is 6.04 Å². The molecule has 0 bridgehead atoms. The Kier molecular flexibility index (Phi) is 4.15. The monoisotopic (exact) mass is 312 g/mol. The number of nitrogens with zero attached hydrogens (tertiary/aromatic N) is 1. The predicted molar refractivity (Wildman–Crippen MR) is 81.2 cm³/mol. The van der Waals surface area contributed by atoms with Gasteiger partial charge in [0, 0.05) is 15.9 Å². The Labute approximate surface area is 115 Å². The van der Waals surface area contributed by atoms with Crippen LogP contribution in [0.1, 0.15) is 24.5 Å². The van der Waals surface area contributed by atoms with Crippen LogP contribution in [0.3, 0.4) is 0 Å². The van der Waals surface area contributed by atoms with Crippen LogP contribution in [0.15, 0.2) is 21.6 Å². The van der Waals surface area contributed by atoms with Crippen molar-refractivity contribution in [2.24, 2.45) is 4.99 Å². The minimum atomic E-state index is 0.441. The number of halogens is 1. The normalized spacial score (nSPS) is 20.0. The topological polar surface area (TPSA) is 24.4 Å². The standard InChI is InChI=1S/C13H17BrN2S/c1-8-6-11(7-9(2)12(8)14)16-13-15-10(3)4-5-17-13/h6-7,10H,4-5H2,1-3H3,(H,15,16). The maximum Gasteiger partial charge on any atom is 0.161 e. The van der Waals surface area contributed by atoms with E-state index in [1.807, 2.05) is 0 Å². The second-order valence-corrected chi connectivity index (χ2v) is 6.35. The summed E-state index contributed by atoms with van der Waals surface area (Å²) in [4.78, 5) is 4.62. The molecule has 17 heavy (non-hydrogen) atoms. The Balaban J connectivity index is 2.19. The smallest absolute Gasteiger partial charge is 0.161 e. The average Bonchev–Trinajstić information content (AvgIpc) is 2.26. The van der Waals surface area contributed by atoms with E-state index in [1.165, 1.54) is 22.0 Å². The molecule has 0 saturated carbocycles. The molecule has 1 aliphatic heterocycles. The lowest BCUT2D eigenvalue weighted by atomic mass is 10.1. The van der Waals surface area contributed by atoms with Crippen LogP contribution in [-0.4, -0.2) is 17.0 Å². The number of hydrogen-bond donors (Lipinski definition) is 1. The molecule has 0 spiro atoms. The molecule has 0 radical (unpaired) electrons. The lowest BCUT2D eigenvalue weighted by Gasteiger charge is -2.18. The summed E-state index contributed by atoms with van der Waals surface area (Å²) >= 11 is 5.39. The van der Waals surface area contributed by atoms with Crippen molar-refractivity contribution < 1.29 is 0 Å². The highest BCUT2D eigenvalue weighted by Crippen LogP contribution is 2.26. The lowest BCUT2D eigenvalue weighted by Crippen LogP contribution is -2.18. The number of thioether (sulfide) groups is 1. The van der Waals surface area contributed by atoms with Crippen LogP contribution < -0.4 is 5.32 Å². The van der Waals surface area contributed by atoms with Crippen molar-refractivity contribution in [2.45, 2.75) is 33.2 Å². The minimum Gasteiger partial charge on any atom is -0.335 e. The van der Waals surface area contributed by atoms with Gasteiger partial charge in [-0.3, -0.25) is 4.99 Å². The van der Waals surface area contributed by atoms with Crippen molar-refractivity contribution in [3.05, 3.63) is 27.7 Å². The molecule has 2 rings (SSSR count). The highest BCUT2D eigenvalue weighted by atomic mass is 79.9. The summed E-state index contributed by atoms with van der Waals surface area (Å²) in [6.07, 6.45) is 1.17. The fourth-order valence-electron chi connectivity index (χ4n) is 1.84. The second kappa shape index (κ2) is 5.44. The van der Waals surface area contributed by atoms with Crippen LogP contribution in [0.5, 0.6) is 0 Å². The van der Waals surface area contributed by atoms with Gasteiger partial charge < -0.3 is 5.32 Å². The highest BCUT2D eigenvalue weighted by Gasteiger charge is 2.12. The minimum absolute atomic E-state index is 0.441. The fourth-order valence-corrected chi connectivity index (χ4v) is 3.16.